The first-order valence-electron chi connectivity index (χ1n) is 7.30. The first-order chi connectivity index (χ1) is 11.8. The normalized spacial score (nSPS) is 11.6. The van der Waals surface area contributed by atoms with Crippen LogP contribution in [0.4, 0.5) is 0 Å². The van der Waals surface area contributed by atoms with E-state index in [1.807, 2.05) is 0 Å². The van der Waals surface area contributed by atoms with Crippen LogP contribution in [0.15, 0.2) is 24.3 Å². The molecule has 2 rings (SSSR count). The smallest absolute Gasteiger partial charge is 0.347 e. The molecule has 25 heavy (non-hydrogen) atoms. The van der Waals surface area contributed by atoms with Gasteiger partial charge in [-0.1, -0.05) is 0 Å². The van der Waals surface area contributed by atoms with Crippen LogP contribution in [0.2, 0.25) is 0 Å². The number of hydrogen-bond acceptors (Lipinski definition) is 6. The van der Waals surface area contributed by atoms with E-state index in [1.165, 1.54) is 0 Å². The second-order valence-electron chi connectivity index (χ2n) is 5.25. The van der Waals surface area contributed by atoms with Gasteiger partial charge < -0.3 is 20.9 Å². The molecule has 1 aromatic heterocycles. The van der Waals surface area contributed by atoms with E-state index < -0.39 is 17.9 Å². The topological polar surface area (TPSA) is 132 Å². The summed E-state index contributed by atoms with van der Waals surface area (Å²) in [6, 6.07) is 5.77. The van der Waals surface area contributed by atoms with E-state index in [9.17, 15) is 14.4 Å². The van der Waals surface area contributed by atoms with E-state index >= 15 is 0 Å². The molecule has 132 valence electrons. The summed E-state index contributed by atoms with van der Waals surface area (Å²) >= 11 is 1.04. The number of carbonyl (C=O) groups is 3. The highest BCUT2D eigenvalue weighted by Gasteiger charge is 2.19. The van der Waals surface area contributed by atoms with Crippen LogP contribution in [0.25, 0.3) is 0 Å². The minimum atomic E-state index is -1.04. The molecular formula is C16H17N3O5S. The lowest BCUT2D eigenvalue weighted by atomic mass is 10.2. The first kappa shape index (κ1) is 18.4. The zero-order chi connectivity index (χ0) is 18.6. The molecule has 1 heterocycles. The molecule has 0 aliphatic heterocycles. The second kappa shape index (κ2) is 7.75. The number of aromatic nitrogens is 1. The van der Waals surface area contributed by atoms with Crippen LogP contribution >= 0.6 is 11.3 Å². The summed E-state index contributed by atoms with van der Waals surface area (Å²) in [4.78, 5) is 38.4. The second-order valence-corrected chi connectivity index (χ2v) is 6.28. The lowest BCUT2D eigenvalue weighted by Gasteiger charge is -2.11. The molecule has 0 aliphatic rings. The minimum Gasteiger partial charge on any atom is -0.484 e. The SMILES string of the molecule is Cc1nc(C(C)NC(=O)c2ccc(OCC(N)=O)cc2)sc1C(=O)O. The summed E-state index contributed by atoms with van der Waals surface area (Å²) in [7, 11) is 0. The fraction of sp³-hybridized carbons (Fsp3) is 0.250. The number of primary amides is 1. The van der Waals surface area contributed by atoms with Crippen molar-refractivity contribution in [1.82, 2.24) is 10.3 Å². The molecule has 0 bridgehead atoms. The third-order valence-electron chi connectivity index (χ3n) is 3.22. The van der Waals surface area contributed by atoms with Gasteiger partial charge in [-0.15, -0.1) is 11.3 Å². The lowest BCUT2D eigenvalue weighted by molar-refractivity contribution is -0.119. The molecular weight excluding hydrogens is 346 g/mol. The number of aromatic carboxylic acids is 1. The quantitative estimate of drug-likeness (QED) is 0.683. The molecule has 0 spiro atoms. The van der Waals surface area contributed by atoms with E-state index in [4.69, 9.17) is 15.6 Å². The monoisotopic (exact) mass is 363 g/mol. The van der Waals surface area contributed by atoms with Crippen molar-refractivity contribution in [3.63, 3.8) is 0 Å². The number of amides is 2. The number of aryl methyl sites for hydroxylation is 1. The number of carbonyl (C=O) groups excluding carboxylic acids is 2. The maximum Gasteiger partial charge on any atom is 0.347 e. The molecule has 4 N–H and O–H groups in total. The van der Waals surface area contributed by atoms with E-state index in [0.29, 0.717) is 22.0 Å². The van der Waals surface area contributed by atoms with Gasteiger partial charge in [-0.25, -0.2) is 9.78 Å². The summed E-state index contributed by atoms with van der Waals surface area (Å²) in [5.41, 5.74) is 5.80. The fourth-order valence-corrected chi connectivity index (χ4v) is 2.91. The Balaban J connectivity index is 2.02. The Labute approximate surface area is 147 Å². The Kier molecular flexibility index (Phi) is 5.71. The summed E-state index contributed by atoms with van der Waals surface area (Å²) in [5, 5.41) is 12.3. The van der Waals surface area contributed by atoms with Gasteiger partial charge in [-0.2, -0.15) is 0 Å². The molecule has 0 saturated carbocycles. The van der Waals surface area contributed by atoms with Gasteiger partial charge in [0.1, 0.15) is 15.6 Å². The minimum absolute atomic E-state index is 0.159. The number of ether oxygens (including phenoxy) is 1. The summed E-state index contributed by atoms with van der Waals surface area (Å²) in [6.45, 7) is 3.10. The van der Waals surface area contributed by atoms with Gasteiger partial charge in [0.05, 0.1) is 11.7 Å². The summed E-state index contributed by atoms with van der Waals surface area (Å²) < 4.78 is 5.12. The zero-order valence-electron chi connectivity index (χ0n) is 13.6. The Morgan fingerprint density at radius 3 is 2.48 bits per heavy atom. The van der Waals surface area contributed by atoms with Crippen LogP contribution in [0.1, 0.15) is 43.7 Å². The van der Waals surface area contributed by atoms with Crippen molar-refractivity contribution in [1.29, 1.82) is 0 Å². The average Bonchev–Trinajstić information content (AvgIpc) is 2.95. The van der Waals surface area contributed by atoms with Gasteiger partial charge in [-0.05, 0) is 38.1 Å². The first-order valence-corrected chi connectivity index (χ1v) is 8.12. The van der Waals surface area contributed by atoms with Crippen LogP contribution in [0.3, 0.4) is 0 Å². The molecule has 8 nitrogen and oxygen atoms in total. The predicted molar refractivity (Wildman–Crippen MR) is 90.8 cm³/mol. The number of thiazole rings is 1. The third-order valence-corrected chi connectivity index (χ3v) is 4.55. The van der Waals surface area contributed by atoms with Crippen molar-refractivity contribution < 1.29 is 24.2 Å². The highest BCUT2D eigenvalue weighted by atomic mass is 32.1. The fourth-order valence-electron chi connectivity index (χ4n) is 2.00. The van der Waals surface area contributed by atoms with Gasteiger partial charge in [0.15, 0.2) is 6.61 Å². The largest absolute Gasteiger partial charge is 0.484 e. The molecule has 1 aromatic carbocycles. The van der Waals surface area contributed by atoms with Crippen molar-refractivity contribution in [2.75, 3.05) is 6.61 Å². The van der Waals surface area contributed by atoms with Crippen LogP contribution in [0.5, 0.6) is 5.75 Å². The van der Waals surface area contributed by atoms with E-state index in [0.717, 1.165) is 11.3 Å². The van der Waals surface area contributed by atoms with Crippen LogP contribution in [0, 0.1) is 6.92 Å². The highest BCUT2D eigenvalue weighted by molar-refractivity contribution is 7.13. The molecule has 0 fully saturated rings. The Morgan fingerprint density at radius 1 is 1.32 bits per heavy atom. The molecule has 2 aromatic rings. The van der Waals surface area contributed by atoms with Crippen molar-refractivity contribution in [3.05, 3.63) is 45.4 Å². The highest BCUT2D eigenvalue weighted by Crippen LogP contribution is 2.24. The molecule has 0 aliphatic carbocycles. The van der Waals surface area contributed by atoms with Crippen molar-refractivity contribution in [2.24, 2.45) is 5.73 Å². The summed E-state index contributed by atoms with van der Waals surface area (Å²) in [6.07, 6.45) is 0. The number of nitrogens with two attached hydrogens (primary N) is 1. The van der Waals surface area contributed by atoms with Crippen molar-refractivity contribution in [3.8, 4) is 5.75 Å². The third kappa shape index (κ3) is 4.77. The molecule has 2 amide bonds. The standard InChI is InChI=1S/C16H17N3O5S/c1-8-13(16(22)23)25-15(19-8)9(2)18-14(21)10-3-5-11(6-4-10)24-7-12(17)20/h3-6,9H,7H2,1-2H3,(H2,17,20)(H,18,21)(H,22,23). The van der Waals surface area contributed by atoms with E-state index in [1.54, 1.807) is 38.1 Å². The number of nitrogens with one attached hydrogen (secondary N) is 1. The number of nitrogens with zero attached hydrogens (tertiary/aromatic N) is 1. The Morgan fingerprint density at radius 2 is 1.96 bits per heavy atom. The van der Waals surface area contributed by atoms with Crippen LogP contribution in [-0.2, 0) is 4.79 Å². The van der Waals surface area contributed by atoms with Gasteiger partial charge in [-0.3, -0.25) is 9.59 Å². The number of carboxylic acid groups (broad SMARTS) is 1. The lowest BCUT2D eigenvalue weighted by Crippen LogP contribution is -2.26. The Hall–Kier alpha value is -2.94. The van der Waals surface area contributed by atoms with Gasteiger partial charge in [0.25, 0.3) is 11.8 Å². The Bertz CT molecular complexity index is 801. The number of carboxylic acids is 1. The molecule has 9 heteroatoms. The van der Waals surface area contributed by atoms with Gasteiger partial charge >= 0.3 is 5.97 Å². The summed E-state index contributed by atoms with van der Waals surface area (Å²) in [5.74, 6) is -1.54. The van der Waals surface area contributed by atoms with E-state index in [-0.39, 0.29) is 17.4 Å². The number of rotatable bonds is 7. The van der Waals surface area contributed by atoms with Crippen LogP contribution < -0.4 is 15.8 Å². The molecule has 0 radical (unpaired) electrons. The maximum atomic E-state index is 12.3. The van der Waals surface area contributed by atoms with Crippen molar-refractivity contribution >= 4 is 29.1 Å². The zero-order valence-corrected chi connectivity index (χ0v) is 14.4. The van der Waals surface area contributed by atoms with Gasteiger partial charge in [0, 0.05) is 5.56 Å². The van der Waals surface area contributed by atoms with Crippen molar-refractivity contribution in [2.45, 2.75) is 19.9 Å². The number of hydrogen-bond donors (Lipinski definition) is 3. The van der Waals surface area contributed by atoms with Gasteiger partial charge in [0.2, 0.25) is 0 Å². The molecule has 1 atom stereocenters. The molecule has 0 saturated heterocycles. The van der Waals surface area contributed by atoms with E-state index in [2.05, 4.69) is 10.3 Å². The maximum absolute atomic E-state index is 12.3. The van der Waals surface area contributed by atoms with Crippen LogP contribution in [-0.4, -0.2) is 34.5 Å². The average molecular weight is 363 g/mol. The molecule has 1 unspecified atom stereocenters. The predicted octanol–water partition coefficient (Wildman–Crippen LogP) is 1.50. The number of benzene rings is 1.